The Morgan fingerprint density at radius 2 is 2.12 bits per heavy atom. The lowest BCUT2D eigenvalue weighted by molar-refractivity contribution is -0.123. The minimum absolute atomic E-state index is 0.149. The molecule has 0 aliphatic carbocycles. The van der Waals surface area contributed by atoms with E-state index >= 15 is 0 Å². The Morgan fingerprint density at radius 1 is 1.34 bits per heavy atom. The van der Waals surface area contributed by atoms with Crippen molar-refractivity contribution in [2.24, 2.45) is 5.92 Å². The summed E-state index contributed by atoms with van der Waals surface area (Å²) >= 11 is 1.27. The average Bonchev–Trinajstić information content (AvgIpc) is 3.38. The maximum Gasteiger partial charge on any atom is 0.268 e. The first kappa shape index (κ1) is 23.1. The number of hydrogen-bond acceptors (Lipinski definition) is 7. The molecule has 0 spiro atoms. The van der Waals surface area contributed by atoms with E-state index in [0.717, 1.165) is 15.8 Å². The Labute approximate surface area is 190 Å². The molecule has 0 radical (unpaired) electrons. The molecule has 3 rings (SSSR count). The lowest BCUT2D eigenvalue weighted by atomic mass is 10.0. The third-order valence-electron chi connectivity index (χ3n) is 4.87. The molecule has 168 valence electrons. The van der Waals surface area contributed by atoms with E-state index in [0.29, 0.717) is 29.4 Å². The number of carbonyl (C=O) groups excluding carboxylic acids is 2. The van der Waals surface area contributed by atoms with Crippen LogP contribution in [0.15, 0.2) is 30.5 Å². The van der Waals surface area contributed by atoms with Crippen LogP contribution in [0.3, 0.4) is 0 Å². The third kappa shape index (κ3) is 5.56. The Bertz CT molecular complexity index is 1150. The van der Waals surface area contributed by atoms with Crippen LogP contribution in [-0.4, -0.2) is 41.0 Å². The largest absolute Gasteiger partial charge is 0.496 e. The number of rotatable bonds is 9. The molecule has 10 heteroatoms. The molecular weight excluding hydrogens is 428 g/mol. The number of hydrogen-bond donors (Lipinski definition) is 4. The van der Waals surface area contributed by atoms with Crippen molar-refractivity contribution in [3.8, 4) is 11.8 Å². The van der Waals surface area contributed by atoms with Gasteiger partial charge in [-0.1, -0.05) is 19.9 Å². The number of benzene rings is 1. The molecule has 32 heavy (non-hydrogen) atoms. The molecule has 0 unspecified atom stereocenters. The molecule has 5 N–H and O–H groups in total. The van der Waals surface area contributed by atoms with E-state index in [1.54, 1.807) is 19.4 Å². The van der Waals surface area contributed by atoms with Gasteiger partial charge in [-0.15, -0.1) is 11.3 Å². The highest BCUT2D eigenvalue weighted by Crippen LogP contribution is 2.26. The smallest absolute Gasteiger partial charge is 0.268 e. The van der Waals surface area contributed by atoms with Crippen LogP contribution in [0, 0.1) is 17.2 Å². The number of anilines is 1. The van der Waals surface area contributed by atoms with Crippen LogP contribution in [0.4, 0.5) is 5.13 Å². The average molecular weight is 455 g/mol. The topological polar surface area (TPSA) is 146 Å². The van der Waals surface area contributed by atoms with E-state index in [1.165, 1.54) is 11.3 Å². The fourth-order valence-corrected chi connectivity index (χ4v) is 4.12. The van der Waals surface area contributed by atoms with Crippen molar-refractivity contribution in [3.63, 3.8) is 0 Å². The Hall–Kier alpha value is -3.58. The summed E-state index contributed by atoms with van der Waals surface area (Å²) in [6.07, 6.45) is 2.31. The zero-order chi connectivity index (χ0) is 23.3. The summed E-state index contributed by atoms with van der Waals surface area (Å²) in [5.74, 6) is -0.0249. The van der Waals surface area contributed by atoms with Crippen LogP contribution < -0.4 is 21.1 Å². The number of nitrogens with zero attached hydrogens (tertiary/aromatic N) is 2. The lowest BCUT2D eigenvalue weighted by Gasteiger charge is -2.21. The summed E-state index contributed by atoms with van der Waals surface area (Å²) in [6, 6.07) is 7.71. The number of carbonyl (C=O) groups is 2. The first-order valence-electron chi connectivity index (χ1n) is 10.2. The van der Waals surface area contributed by atoms with Crippen molar-refractivity contribution in [2.45, 2.75) is 38.8 Å². The summed E-state index contributed by atoms with van der Waals surface area (Å²) in [6.45, 7) is 3.92. The quantitative estimate of drug-likeness (QED) is 0.391. The van der Waals surface area contributed by atoms with E-state index in [1.807, 2.05) is 32.0 Å². The molecule has 0 saturated carbocycles. The van der Waals surface area contributed by atoms with Gasteiger partial charge in [0.2, 0.25) is 5.91 Å². The molecular formula is C22H26N6O3S. The zero-order valence-corrected chi connectivity index (χ0v) is 19.0. The monoisotopic (exact) mass is 454 g/mol. The summed E-state index contributed by atoms with van der Waals surface area (Å²) in [5.41, 5.74) is 6.71. The van der Waals surface area contributed by atoms with E-state index in [4.69, 9.17) is 10.5 Å². The van der Waals surface area contributed by atoms with Gasteiger partial charge in [-0.05, 0) is 30.5 Å². The fraction of sp³-hybridized carbons (Fsp3) is 0.364. The second-order valence-electron chi connectivity index (χ2n) is 7.82. The standard InChI is InChI=1S/C22H26N6O3S/c1-12(2)7-17(20(29)26-13(10-23)8-14-11-25-22(24)32-14)28-21(30)18-9-15-16(27-18)5-4-6-19(15)31-3/h4-6,9,11-13,17,27H,7-8H2,1-3H3,(H2,24,25)(H,26,29)(H,28,30)/t13-,17-/m0/s1. The summed E-state index contributed by atoms with van der Waals surface area (Å²) in [5, 5.41) is 16.2. The summed E-state index contributed by atoms with van der Waals surface area (Å²) in [4.78, 5) is 33.7. The molecule has 0 fully saturated rings. The normalized spacial score (nSPS) is 12.8. The van der Waals surface area contributed by atoms with Crippen molar-refractivity contribution in [1.29, 1.82) is 5.26 Å². The van der Waals surface area contributed by atoms with Gasteiger partial charge in [0.05, 0.1) is 13.2 Å². The summed E-state index contributed by atoms with van der Waals surface area (Å²) < 4.78 is 5.34. The van der Waals surface area contributed by atoms with Gasteiger partial charge in [-0.2, -0.15) is 5.26 Å². The first-order valence-corrected chi connectivity index (χ1v) is 11.0. The number of nitrogens with one attached hydrogen (secondary N) is 3. The van der Waals surface area contributed by atoms with Crippen LogP contribution in [0.5, 0.6) is 5.75 Å². The summed E-state index contributed by atoms with van der Waals surface area (Å²) in [7, 11) is 1.57. The predicted octanol–water partition coefficient (Wildman–Crippen LogP) is 2.61. The molecule has 2 atom stereocenters. The molecule has 0 aliphatic heterocycles. The van der Waals surface area contributed by atoms with Gasteiger partial charge < -0.3 is 26.1 Å². The van der Waals surface area contributed by atoms with Gasteiger partial charge in [0.15, 0.2) is 5.13 Å². The van der Waals surface area contributed by atoms with E-state index in [9.17, 15) is 14.9 Å². The van der Waals surface area contributed by atoms with E-state index < -0.39 is 23.9 Å². The number of nitrogens with two attached hydrogens (primary N) is 1. The highest BCUT2D eigenvalue weighted by molar-refractivity contribution is 7.15. The predicted molar refractivity (Wildman–Crippen MR) is 123 cm³/mol. The maximum atomic E-state index is 12.9. The van der Waals surface area contributed by atoms with Crippen molar-refractivity contribution >= 4 is 39.2 Å². The van der Waals surface area contributed by atoms with Crippen molar-refractivity contribution in [3.05, 3.63) is 41.0 Å². The number of amides is 2. The molecule has 9 nitrogen and oxygen atoms in total. The second kappa shape index (κ2) is 10.2. The number of nitriles is 1. The first-order chi connectivity index (χ1) is 15.3. The van der Waals surface area contributed by atoms with Crippen LogP contribution >= 0.6 is 11.3 Å². The Morgan fingerprint density at radius 3 is 2.75 bits per heavy atom. The van der Waals surface area contributed by atoms with Gasteiger partial charge in [0.1, 0.15) is 23.5 Å². The minimum atomic E-state index is -0.793. The fourth-order valence-electron chi connectivity index (χ4n) is 3.39. The maximum absolute atomic E-state index is 12.9. The van der Waals surface area contributed by atoms with E-state index in [-0.39, 0.29) is 5.92 Å². The van der Waals surface area contributed by atoms with Crippen molar-refractivity contribution < 1.29 is 14.3 Å². The third-order valence-corrected chi connectivity index (χ3v) is 5.72. The number of fused-ring (bicyclic) bond motifs is 1. The number of nitrogen functional groups attached to an aromatic ring is 1. The van der Waals surface area contributed by atoms with Crippen molar-refractivity contribution in [1.82, 2.24) is 20.6 Å². The number of H-pyrrole nitrogens is 1. The molecule has 0 aliphatic rings. The second-order valence-corrected chi connectivity index (χ2v) is 8.97. The van der Waals surface area contributed by atoms with Gasteiger partial charge >= 0.3 is 0 Å². The lowest BCUT2D eigenvalue weighted by Crippen LogP contribution is -2.50. The molecule has 2 heterocycles. The molecule has 2 aromatic heterocycles. The Kier molecular flexibility index (Phi) is 7.33. The van der Waals surface area contributed by atoms with Gasteiger partial charge in [0.25, 0.3) is 5.91 Å². The van der Waals surface area contributed by atoms with Crippen LogP contribution in [0.25, 0.3) is 10.9 Å². The number of ether oxygens (including phenoxy) is 1. The van der Waals surface area contributed by atoms with Crippen LogP contribution in [-0.2, 0) is 11.2 Å². The van der Waals surface area contributed by atoms with Crippen LogP contribution in [0.2, 0.25) is 0 Å². The highest BCUT2D eigenvalue weighted by Gasteiger charge is 2.26. The number of aromatic nitrogens is 2. The van der Waals surface area contributed by atoms with E-state index in [2.05, 4.69) is 26.7 Å². The molecule has 1 aromatic carbocycles. The number of thiazole rings is 1. The van der Waals surface area contributed by atoms with Gasteiger partial charge in [-0.3, -0.25) is 9.59 Å². The van der Waals surface area contributed by atoms with Crippen LogP contribution in [0.1, 0.15) is 35.6 Å². The molecule has 0 saturated heterocycles. The Balaban J connectivity index is 1.73. The van der Waals surface area contributed by atoms with Gasteiger partial charge in [0, 0.05) is 28.4 Å². The highest BCUT2D eigenvalue weighted by atomic mass is 32.1. The molecule has 2 amide bonds. The number of methoxy groups -OCH3 is 1. The SMILES string of the molecule is COc1cccc2[nH]c(C(=O)N[C@@H](CC(C)C)C(=O)N[C@H](C#N)Cc3cnc(N)s3)cc12. The molecule has 3 aromatic rings. The van der Waals surface area contributed by atoms with Gasteiger partial charge in [-0.25, -0.2) is 4.98 Å². The zero-order valence-electron chi connectivity index (χ0n) is 18.1. The number of aromatic amines is 1. The minimum Gasteiger partial charge on any atom is -0.496 e. The molecule has 0 bridgehead atoms. The van der Waals surface area contributed by atoms with Crippen molar-refractivity contribution in [2.75, 3.05) is 12.8 Å².